The number of aryl methyl sites for hydroxylation is 1. The van der Waals surface area contributed by atoms with Crippen LogP contribution in [0, 0.1) is 18.8 Å². The van der Waals surface area contributed by atoms with Crippen LogP contribution in [0.4, 0.5) is 0 Å². The van der Waals surface area contributed by atoms with Crippen molar-refractivity contribution >= 4 is 29.7 Å². The number of nitrogens with one attached hydrogen (secondary N) is 1. The minimum atomic E-state index is 0. The third kappa shape index (κ3) is 3.25. The van der Waals surface area contributed by atoms with E-state index in [0.717, 1.165) is 19.6 Å². The maximum atomic E-state index is 12.2. The molecule has 2 rings (SSSR count). The van der Waals surface area contributed by atoms with Gasteiger partial charge in [0.2, 0.25) is 5.91 Å². The highest BCUT2D eigenvalue weighted by Crippen LogP contribution is 2.21. The monoisotopic (exact) mass is 288 g/mol. The molecule has 0 spiro atoms. The summed E-state index contributed by atoms with van der Waals surface area (Å²) in [5.74, 6) is 0.931. The Morgan fingerprint density at radius 1 is 1.61 bits per heavy atom. The Hall–Kier alpha value is -0.580. The number of thiophene rings is 1. The van der Waals surface area contributed by atoms with E-state index >= 15 is 0 Å². The number of rotatable bonds is 4. The highest BCUT2D eigenvalue weighted by atomic mass is 35.5. The van der Waals surface area contributed by atoms with Crippen LogP contribution in [0.3, 0.4) is 0 Å². The van der Waals surface area contributed by atoms with Gasteiger partial charge in [0.25, 0.3) is 0 Å². The van der Waals surface area contributed by atoms with Crippen molar-refractivity contribution in [3.63, 3.8) is 0 Å². The van der Waals surface area contributed by atoms with Crippen LogP contribution < -0.4 is 5.32 Å². The van der Waals surface area contributed by atoms with Gasteiger partial charge in [0.1, 0.15) is 0 Å². The predicted molar refractivity (Wildman–Crippen MR) is 78.3 cm³/mol. The number of carbonyl (C=O) groups is 1. The van der Waals surface area contributed by atoms with Gasteiger partial charge < -0.3 is 10.2 Å². The molecule has 0 aromatic carbocycles. The molecule has 18 heavy (non-hydrogen) atoms. The fraction of sp³-hybridized carbons (Fsp3) is 0.615. The maximum absolute atomic E-state index is 12.2. The van der Waals surface area contributed by atoms with Gasteiger partial charge in [-0.2, -0.15) is 0 Å². The molecule has 1 aliphatic heterocycles. The van der Waals surface area contributed by atoms with Crippen LogP contribution in [0.1, 0.15) is 17.4 Å². The fourth-order valence-corrected chi connectivity index (χ4v) is 3.03. The van der Waals surface area contributed by atoms with E-state index in [1.165, 1.54) is 10.4 Å². The van der Waals surface area contributed by atoms with E-state index in [1.54, 1.807) is 11.3 Å². The molecule has 1 aromatic heterocycles. The third-order valence-corrected chi connectivity index (χ3v) is 4.64. The molecule has 1 atom stereocenters. The first-order valence-electron chi connectivity index (χ1n) is 6.08. The zero-order valence-corrected chi connectivity index (χ0v) is 12.7. The van der Waals surface area contributed by atoms with Crippen molar-refractivity contribution in [3.8, 4) is 0 Å². The summed E-state index contributed by atoms with van der Waals surface area (Å²) < 4.78 is 0. The Balaban J connectivity index is 0.00000162. The molecule has 0 saturated carbocycles. The average Bonchev–Trinajstić information content (AvgIpc) is 2.60. The van der Waals surface area contributed by atoms with Gasteiger partial charge in [-0.3, -0.25) is 4.79 Å². The smallest absolute Gasteiger partial charge is 0.225 e. The summed E-state index contributed by atoms with van der Waals surface area (Å²) in [5.41, 5.74) is 1.28. The molecule has 1 aromatic rings. The minimum Gasteiger partial charge on any atom is -0.340 e. The summed E-state index contributed by atoms with van der Waals surface area (Å²) in [7, 11) is 1.91. The van der Waals surface area contributed by atoms with Crippen LogP contribution in [-0.2, 0) is 11.3 Å². The summed E-state index contributed by atoms with van der Waals surface area (Å²) >= 11 is 1.73. The molecule has 1 saturated heterocycles. The van der Waals surface area contributed by atoms with Gasteiger partial charge >= 0.3 is 0 Å². The van der Waals surface area contributed by atoms with Gasteiger partial charge in [-0.1, -0.05) is 6.92 Å². The molecule has 0 aliphatic carbocycles. The molecule has 0 radical (unpaired) electrons. The van der Waals surface area contributed by atoms with Crippen molar-refractivity contribution in [2.24, 2.45) is 11.8 Å². The molecule has 0 bridgehead atoms. The first-order valence-corrected chi connectivity index (χ1v) is 6.96. The maximum Gasteiger partial charge on any atom is 0.225 e. The number of nitrogens with zero attached hydrogens (tertiary/aromatic N) is 1. The Morgan fingerprint density at radius 2 is 2.28 bits per heavy atom. The van der Waals surface area contributed by atoms with Crippen molar-refractivity contribution in [2.45, 2.75) is 20.4 Å². The van der Waals surface area contributed by atoms with Crippen LogP contribution >= 0.6 is 23.7 Å². The lowest BCUT2D eigenvalue weighted by Crippen LogP contribution is -2.49. The first kappa shape index (κ1) is 15.5. The van der Waals surface area contributed by atoms with Crippen LogP contribution in [0.2, 0.25) is 0 Å². The van der Waals surface area contributed by atoms with Gasteiger partial charge in [0.15, 0.2) is 0 Å². The van der Waals surface area contributed by atoms with Gasteiger partial charge in [0, 0.05) is 17.8 Å². The molecule has 1 fully saturated rings. The number of amides is 1. The van der Waals surface area contributed by atoms with Crippen molar-refractivity contribution in [1.29, 1.82) is 0 Å². The van der Waals surface area contributed by atoms with Gasteiger partial charge in [0.05, 0.1) is 6.54 Å². The van der Waals surface area contributed by atoms with E-state index in [-0.39, 0.29) is 24.2 Å². The second-order valence-corrected chi connectivity index (χ2v) is 5.93. The van der Waals surface area contributed by atoms with Crippen molar-refractivity contribution in [1.82, 2.24) is 10.2 Å². The standard InChI is InChI=1S/C13H20N2OS.ClH/c1-9-4-5-17-12(9)8-15(3)13(16)10(2)11-6-14-7-11;/h4-5,10-11,14H,6-8H2,1-3H3;1H. The lowest BCUT2D eigenvalue weighted by atomic mass is 9.88. The largest absolute Gasteiger partial charge is 0.340 e. The Kier molecular flexibility index (Phi) is 5.63. The normalized spacial score (nSPS) is 16.6. The molecule has 3 nitrogen and oxygen atoms in total. The van der Waals surface area contributed by atoms with Gasteiger partial charge in [-0.25, -0.2) is 0 Å². The Bertz CT molecular complexity index is 403. The molecule has 1 unspecified atom stereocenters. The zero-order valence-electron chi connectivity index (χ0n) is 11.1. The lowest BCUT2D eigenvalue weighted by Gasteiger charge is -2.33. The lowest BCUT2D eigenvalue weighted by molar-refractivity contribution is -0.136. The number of carbonyl (C=O) groups excluding carboxylic acids is 1. The number of halogens is 1. The summed E-state index contributed by atoms with van der Waals surface area (Å²) in [6, 6.07) is 2.11. The fourth-order valence-electron chi connectivity index (χ4n) is 2.07. The highest BCUT2D eigenvalue weighted by Gasteiger charge is 2.30. The van der Waals surface area contributed by atoms with Gasteiger partial charge in [-0.05, 0) is 42.9 Å². The summed E-state index contributed by atoms with van der Waals surface area (Å²) in [6.07, 6.45) is 0. The van der Waals surface area contributed by atoms with Crippen LogP contribution in [0.5, 0.6) is 0 Å². The SMILES string of the molecule is Cc1ccsc1CN(C)C(=O)C(C)C1CNC1.Cl. The zero-order chi connectivity index (χ0) is 12.4. The van der Waals surface area contributed by atoms with Gasteiger partial charge in [-0.15, -0.1) is 23.7 Å². The molecule has 2 heterocycles. The molecular weight excluding hydrogens is 268 g/mol. The Labute approximate surface area is 119 Å². The van der Waals surface area contributed by atoms with E-state index in [4.69, 9.17) is 0 Å². The summed E-state index contributed by atoms with van der Waals surface area (Å²) in [6.45, 7) is 6.86. The predicted octanol–water partition coefficient (Wildman–Crippen LogP) is 2.29. The van der Waals surface area contributed by atoms with E-state index in [2.05, 4.69) is 23.7 Å². The summed E-state index contributed by atoms with van der Waals surface area (Å²) in [4.78, 5) is 15.4. The van der Waals surface area contributed by atoms with Crippen molar-refractivity contribution < 1.29 is 4.79 Å². The van der Waals surface area contributed by atoms with Crippen LogP contribution in [0.25, 0.3) is 0 Å². The third-order valence-electron chi connectivity index (χ3n) is 3.63. The second-order valence-electron chi connectivity index (χ2n) is 4.93. The average molecular weight is 289 g/mol. The molecular formula is C13H21ClN2OS. The topological polar surface area (TPSA) is 32.3 Å². The van der Waals surface area contributed by atoms with E-state index in [0.29, 0.717) is 5.92 Å². The number of hydrogen-bond donors (Lipinski definition) is 1. The van der Waals surface area contributed by atoms with E-state index < -0.39 is 0 Å². The van der Waals surface area contributed by atoms with E-state index in [9.17, 15) is 4.79 Å². The quantitative estimate of drug-likeness (QED) is 0.922. The highest BCUT2D eigenvalue weighted by molar-refractivity contribution is 7.10. The van der Waals surface area contributed by atoms with Crippen LogP contribution in [-0.4, -0.2) is 30.9 Å². The van der Waals surface area contributed by atoms with E-state index in [1.807, 2.05) is 18.9 Å². The molecule has 5 heteroatoms. The first-order chi connectivity index (χ1) is 8.09. The summed E-state index contributed by atoms with van der Waals surface area (Å²) in [5, 5.41) is 5.31. The molecule has 1 aliphatic rings. The Morgan fingerprint density at radius 3 is 2.72 bits per heavy atom. The van der Waals surface area contributed by atoms with Crippen molar-refractivity contribution in [3.05, 3.63) is 21.9 Å². The second kappa shape index (κ2) is 6.55. The minimum absolute atomic E-state index is 0. The van der Waals surface area contributed by atoms with Crippen molar-refractivity contribution in [2.75, 3.05) is 20.1 Å². The molecule has 1 amide bonds. The molecule has 1 N–H and O–H groups in total. The number of hydrogen-bond acceptors (Lipinski definition) is 3. The van der Waals surface area contributed by atoms with Crippen LogP contribution in [0.15, 0.2) is 11.4 Å². The molecule has 102 valence electrons.